The van der Waals surface area contributed by atoms with Crippen LogP contribution in [0.3, 0.4) is 0 Å². The van der Waals surface area contributed by atoms with Gasteiger partial charge in [-0.1, -0.05) is 19.0 Å². The first-order valence-corrected chi connectivity index (χ1v) is 11.6. The van der Waals surface area contributed by atoms with E-state index in [0.29, 0.717) is 30.9 Å². The van der Waals surface area contributed by atoms with Crippen molar-refractivity contribution in [2.24, 2.45) is 45.4 Å². The van der Waals surface area contributed by atoms with Gasteiger partial charge in [-0.05, 0) is 93.9 Å². The standard InChI is InChI=1S/C23H40N2O3/c1-21-9-7-18(26)14-16(21)4-5-20-19(21)8-10-22(2)17(6-11-23(20,22)27)15-25-28-13-3-12-24/h15-20,26-27H,3-14,24H2,1-2H3/t16-,17-,18+,19+,20-,21+,22-,23+/m1/s1. The van der Waals surface area contributed by atoms with Crippen molar-refractivity contribution in [3.8, 4) is 0 Å². The van der Waals surface area contributed by atoms with Gasteiger partial charge in [-0.25, -0.2) is 0 Å². The van der Waals surface area contributed by atoms with E-state index >= 15 is 0 Å². The minimum atomic E-state index is -0.589. The van der Waals surface area contributed by atoms with Crippen molar-refractivity contribution in [3.05, 3.63) is 0 Å². The molecule has 0 spiro atoms. The van der Waals surface area contributed by atoms with Crippen molar-refractivity contribution >= 4 is 6.21 Å². The van der Waals surface area contributed by atoms with Gasteiger partial charge in [0.05, 0.1) is 11.7 Å². The zero-order valence-corrected chi connectivity index (χ0v) is 17.8. The van der Waals surface area contributed by atoms with Gasteiger partial charge in [-0.2, -0.15) is 0 Å². The number of nitrogens with two attached hydrogens (primary N) is 1. The van der Waals surface area contributed by atoms with Crippen molar-refractivity contribution in [2.45, 2.75) is 89.8 Å². The summed E-state index contributed by atoms with van der Waals surface area (Å²) in [6.45, 7) is 5.95. The van der Waals surface area contributed by atoms with Crippen molar-refractivity contribution < 1.29 is 15.1 Å². The highest BCUT2D eigenvalue weighted by Crippen LogP contribution is 2.68. The van der Waals surface area contributed by atoms with Crippen molar-refractivity contribution in [3.63, 3.8) is 0 Å². The van der Waals surface area contributed by atoms with Crippen LogP contribution in [0.5, 0.6) is 0 Å². The maximum absolute atomic E-state index is 12.1. The van der Waals surface area contributed by atoms with Gasteiger partial charge in [0, 0.05) is 17.5 Å². The van der Waals surface area contributed by atoms with Crippen LogP contribution < -0.4 is 5.73 Å². The Kier molecular flexibility index (Phi) is 5.56. The van der Waals surface area contributed by atoms with Crippen molar-refractivity contribution in [1.29, 1.82) is 0 Å². The van der Waals surface area contributed by atoms with Crippen LogP contribution in [0.15, 0.2) is 5.16 Å². The third-order valence-electron chi connectivity index (χ3n) is 9.65. The van der Waals surface area contributed by atoms with E-state index in [9.17, 15) is 10.2 Å². The number of hydrogen-bond donors (Lipinski definition) is 3. The van der Waals surface area contributed by atoms with Gasteiger partial charge >= 0.3 is 0 Å². The number of oxime groups is 1. The van der Waals surface area contributed by atoms with Gasteiger partial charge in [-0.15, -0.1) is 0 Å². The molecular formula is C23H40N2O3. The quantitative estimate of drug-likeness (QED) is 0.380. The molecule has 5 nitrogen and oxygen atoms in total. The van der Waals surface area contributed by atoms with Crippen LogP contribution in [-0.4, -0.2) is 41.3 Å². The summed E-state index contributed by atoms with van der Waals surface area (Å²) in [5.41, 5.74) is 5.10. The minimum absolute atomic E-state index is 0.105. The Morgan fingerprint density at radius 2 is 1.89 bits per heavy atom. The monoisotopic (exact) mass is 392 g/mol. The first-order valence-electron chi connectivity index (χ1n) is 11.6. The average molecular weight is 393 g/mol. The van der Waals surface area contributed by atoms with Crippen LogP contribution >= 0.6 is 0 Å². The summed E-state index contributed by atoms with van der Waals surface area (Å²) in [5.74, 6) is 1.89. The molecule has 0 heterocycles. The molecule has 4 N–H and O–H groups in total. The minimum Gasteiger partial charge on any atom is -0.396 e. The van der Waals surface area contributed by atoms with Crippen LogP contribution in [0.2, 0.25) is 0 Å². The topological polar surface area (TPSA) is 88.1 Å². The van der Waals surface area contributed by atoms with Gasteiger partial charge in [-0.3, -0.25) is 0 Å². The molecule has 0 aromatic heterocycles. The first-order chi connectivity index (χ1) is 13.3. The normalized spacial score (nSPS) is 50.8. The summed E-state index contributed by atoms with van der Waals surface area (Å²) < 4.78 is 0. The highest BCUT2D eigenvalue weighted by Gasteiger charge is 2.66. The molecule has 4 saturated carbocycles. The lowest BCUT2D eigenvalue weighted by molar-refractivity contribution is -0.206. The second-order valence-corrected chi connectivity index (χ2v) is 10.7. The Labute approximate surface area is 170 Å². The van der Waals surface area contributed by atoms with Crippen LogP contribution in [0, 0.1) is 34.5 Å². The Morgan fingerprint density at radius 3 is 2.68 bits per heavy atom. The van der Waals surface area contributed by atoms with E-state index < -0.39 is 5.60 Å². The zero-order valence-electron chi connectivity index (χ0n) is 17.8. The number of aliphatic hydroxyl groups excluding tert-OH is 1. The molecule has 28 heavy (non-hydrogen) atoms. The molecule has 160 valence electrons. The molecule has 0 aliphatic heterocycles. The summed E-state index contributed by atoms with van der Waals surface area (Å²) in [7, 11) is 0. The second kappa shape index (κ2) is 7.55. The molecule has 8 atom stereocenters. The molecule has 4 fully saturated rings. The third kappa shape index (κ3) is 3.04. The number of fused-ring (bicyclic) bond motifs is 5. The molecular weight excluding hydrogens is 352 g/mol. The second-order valence-electron chi connectivity index (χ2n) is 10.7. The molecule has 0 amide bonds. The highest BCUT2D eigenvalue weighted by atomic mass is 16.6. The Morgan fingerprint density at radius 1 is 1.07 bits per heavy atom. The van der Waals surface area contributed by atoms with E-state index in [4.69, 9.17) is 10.6 Å². The molecule has 4 rings (SSSR count). The fourth-order valence-corrected chi connectivity index (χ4v) is 7.80. The molecule has 0 aromatic rings. The summed E-state index contributed by atoms with van der Waals surface area (Å²) >= 11 is 0. The van der Waals surface area contributed by atoms with Gasteiger partial charge < -0.3 is 20.8 Å². The maximum Gasteiger partial charge on any atom is 0.118 e. The van der Waals surface area contributed by atoms with Crippen LogP contribution in [0.25, 0.3) is 0 Å². The Hall–Kier alpha value is -0.650. The van der Waals surface area contributed by atoms with Crippen molar-refractivity contribution in [2.75, 3.05) is 13.2 Å². The predicted molar refractivity (Wildman–Crippen MR) is 111 cm³/mol. The zero-order chi connectivity index (χ0) is 20.0. The van der Waals surface area contributed by atoms with Crippen molar-refractivity contribution in [1.82, 2.24) is 0 Å². The van der Waals surface area contributed by atoms with E-state index in [0.717, 1.165) is 57.8 Å². The number of nitrogens with zero attached hydrogens (tertiary/aromatic N) is 1. The van der Waals surface area contributed by atoms with Crippen LogP contribution in [-0.2, 0) is 4.84 Å². The summed E-state index contributed by atoms with van der Waals surface area (Å²) in [5, 5.41) is 26.5. The lowest BCUT2D eigenvalue weighted by atomic mass is 9.43. The summed E-state index contributed by atoms with van der Waals surface area (Å²) in [6, 6.07) is 0. The highest BCUT2D eigenvalue weighted by molar-refractivity contribution is 5.63. The molecule has 0 unspecified atom stereocenters. The van der Waals surface area contributed by atoms with Gasteiger partial charge in [0.25, 0.3) is 0 Å². The lowest BCUT2D eigenvalue weighted by Crippen LogP contribution is -2.62. The van der Waals surface area contributed by atoms with Crippen LogP contribution in [0.1, 0.15) is 78.1 Å². The summed E-state index contributed by atoms with van der Waals surface area (Å²) in [4.78, 5) is 5.38. The molecule has 0 bridgehead atoms. The number of hydrogen-bond acceptors (Lipinski definition) is 5. The van der Waals surface area contributed by atoms with Gasteiger partial charge in [0.1, 0.15) is 6.61 Å². The van der Waals surface area contributed by atoms with E-state index in [2.05, 4.69) is 19.0 Å². The van der Waals surface area contributed by atoms with E-state index in [1.54, 1.807) is 0 Å². The smallest absolute Gasteiger partial charge is 0.118 e. The third-order valence-corrected chi connectivity index (χ3v) is 9.65. The van der Waals surface area contributed by atoms with E-state index in [-0.39, 0.29) is 22.9 Å². The Bertz CT molecular complexity index is 598. The number of aliphatic hydroxyl groups is 2. The molecule has 0 aromatic carbocycles. The fourth-order valence-electron chi connectivity index (χ4n) is 7.80. The number of rotatable bonds is 5. The van der Waals surface area contributed by atoms with Crippen LogP contribution in [0.4, 0.5) is 0 Å². The first kappa shape index (κ1) is 20.6. The van der Waals surface area contributed by atoms with Gasteiger partial charge in [0.2, 0.25) is 0 Å². The lowest BCUT2D eigenvalue weighted by Gasteiger charge is -2.63. The summed E-state index contributed by atoms with van der Waals surface area (Å²) in [6.07, 6.45) is 12.1. The Balaban J connectivity index is 1.52. The molecule has 0 saturated heterocycles. The molecule has 5 heteroatoms. The SMILES string of the molecule is C[C@]12CC[C@H](O)C[C@H]1CC[C@@H]1[C@@H]2CC[C@]2(C)[C@@H](C=NOCCCN)CC[C@]12O. The molecule has 4 aliphatic rings. The van der Waals surface area contributed by atoms with E-state index in [1.807, 2.05) is 6.21 Å². The average Bonchev–Trinajstić information content (AvgIpc) is 2.93. The molecule has 0 radical (unpaired) electrons. The maximum atomic E-state index is 12.1. The fraction of sp³-hybridized carbons (Fsp3) is 0.957. The largest absolute Gasteiger partial charge is 0.396 e. The predicted octanol–water partition coefficient (Wildman–Crippen LogP) is 3.47. The van der Waals surface area contributed by atoms with E-state index in [1.165, 1.54) is 6.42 Å². The molecule has 4 aliphatic carbocycles. The van der Waals surface area contributed by atoms with Gasteiger partial charge in [0.15, 0.2) is 0 Å².